The number of allylic oxidation sites excluding steroid dienone is 1. The van der Waals surface area contributed by atoms with Gasteiger partial charge in [0.15, 0.2) is 0 Å². The normalized spacial score (nSPS) is 17.1. The van der Waals surface area contributed by atoms with E-state index in [1.165, 1.54) is 44.2 Å². The summed E-state index contributed by atoms with van der Waals surface area (Å²) in [4.78, 5) is 0. The Morgan fingerprint density at radius 3 is 2.15 bits per heavy atom. The van der Waals surface area contributed by atoms with Crippen LogP contribution in [0.15, 0.2) is 91.0 Å². The Balaban J connectivity index is 1.78. The van der Waals surface area contributed by atoms with Gasteiger partial charge in [0.05, 0.1) is 0 Å². The number of benzene rings is 4. The van der Waals surface area contributed by atoms with Crippen molar-refractivity contribution in [2.75, 3.05) is 0 Å². The van der Waals surface area contributed by atoms with Crippen LogP contribution in [0.1, 0.15) is 29.5 Å². The summed E-state index contributed by atoms with van der Waals surface area (Å²) in [5, 5.41) is 2.60. The van der Waals surface area contributed by atoms with Gasteiger partial charge in [0.1, 0.15) is 0 Å². The van der Waals surface area contributed by atoms with Crippen LogP contribution >= 0.6 is 0 Å². The van der Waals surface area contributed by atoms with E-state index in [0.717, 1.165) is 0 Å². The van der Waals surface area contributed by atoms with E-state index in [2.05, 4.69) is 104 Å². The van der Waals surface area contributed by atoms with Gasteiger partial charge in [-0.05, 0) is 50.2 Å². The van der Waals surface area contributed by atoms with Gasteiger partial charge in [-0.25, -0.2) is 0 Å². The van der Waals surface area contributed by atoms with Crippen LogP contribution in [-0.2, 0) is 0 Å². The molecule has 0 heteroatoms. The molecule has 1 unspecified atom stereocenters. The lowest BCUT2D eigenvalue weighted by atomic mass is 9.75. The molecule has 0 spiro atoms. The highest BCUT2D eigenvalue weighted by atomic mass is 14.3. The van der Waals surface area contributed by atoms with E-state index in [1.807, 2.05) is 0 Å². The van der Waals surface area contributed by atoms with Gasteiger partial charge in [-0.3, -0.25) is 0 Å². The molecule has 4 aromatic carbocycles. The van der Waals surface area contributed by atoms with Crippen LogP contribution in [0.25, 0.3) is 33.5 Å². The maximum Gasteiger partial charge on any atom is 0.00735 e. The second-order valence-corrected chi connectivity index (χ2v) is 7.02. The quantitative estimate of drug-likeness (QED) is 0.347. The molecule has 1 aliphatic carbocycles. The van der Waals surface area contributed by atoms with E-state index in [9.17, 15) is 0 Å². The molecule has 0 fully saturated rings. The lowest BCUT2D eigenvalue weighted by Crippen LogP contribution is -2.07. The fourth-order valence-electron chi connectivity index (χ4n) is 4.24. The van der Waals surface area contributed by atoms with Gasteiger partial charge < -0.3 is 0 Å². The Morgan fingerprint density at radius 2 is 1.27 bits per heavy atom. The maximum atomic E-state index is 2.39. The molecule has 4 aromatic rings. The molecule has 0 aliphatic heterocycles. The molecule has 26 heavy (non-hydrogen) atoms. The van der Waals surface area contributed by atoms with E-state index >= 15 is 0 Å². The Kier molecular flexibility index (Phi) is 3.50. The van der Waals surface area contributed by atoms with Crippen molar-refractivity contribution in [3.8, 4) is 11.1 Å². The molecule has 1 atom stereocenters. The average Bonchev–Trinajstić information content (AvgIpc) is 2.71. The van der Waals surface area contributed by atoms with Crippen molar-refractivity contribution >= 4 is 22.4 Å². The van der Waals surface area contributed by atoms with Crippen LogP contribution in [0.4, 0.5) is 0 Å². The van der Waals surface area contributed by atoms with Gasteiger partial charge in [-0.1, -0.05) is 97.9 Å². The predicted molar refractivity (Wildman–Crippen MR) is 112 cm³/mol. The molecule has 124 valence electrons. The monoisotopic (exact) mass is 332 g/mol. The van der Waals surface area contributed by atoms with Gasteiger partial charge in [0.2, 0.25) is 0 Å². The zero-order valence-electron chi connectivity index (χ0n) is 14.8. The average molecular weight is 332 g/mol. The van der Waals surface area contributed by atoms with Crippen LogP contribution in [0.3, 0.4) is 0 Å². The lowest BCUT2D eigenvalue weighted by molar-refractivity contribution is 0.983. The molecule has 5 rings (SSSR count). The highest BCUT2D eigenvalue weighted by Gasteiger charge is 2.25. The van der Waals surface area contributed by atoms with Crippen molar-refractivity contribution in [3.63, 3.8) is 0 Å². The topological polar surface area (TPSA) is 0 Å². The molecule has 0 saturated carbocycles. The standard InChI is InChI=1S/C26H20/c1-18-21-12-4-5-14-23(21)24-15-6-7-16-25(24)26(18)17-20-11-8-10-19-9-2-3-13-22(19)20/h2-18H,1H3/b26-17-. The van der Waals surface area contributed by atoms with Gasteiger partial charge >= 0.3 is 0 Å². The highest BCUT2D eigenvalue weighted by molar-refractivity contribution is 6.01. The predicted octanol–water partition coefficient (Wildman–Crippen LogP) is 7.16. The van der Waals surface area contributed by atoms with Crippen molar-refractivity contribution in [1.29, 1.82) is 0 Å². The van der Waals surface area contributed by atoms with Crippen molar-refractivity contribution in [2.45, 2.75) is 12.8 Å². The summed E-state index contributed by atoms with van der Waals surface area (Å²) in [6.07, 6.45) is 2.39. The molecule has 0 nitrogen and oxygen atoms in total. The highest BCUT2D eigenvalue weighted by Crippen LogP contribution is 2.46. The Morgan fingerprint density at radius 1 is 0.615 bits per heavy atom. The third kappa shape index (κ3) is 2.30. The Hall–Kier alpha value is -3.12. The summed E-state index contributed by atoms with van der Waals surface area (Å²) < 4.78 is 0. The van der Waals surface area contributed by atoms with Crippen molar-refractivity contribution < 1.29 is 0 Å². The SMILES string of the molecule is CC1/C(=C/c2cccc3ccccc23)c2ccccc2-c2ccccc21. The summed E-state index contributed by atoms with van der Waals surface area (Å²) in [6, 6.07) is 32.8. The molecule has 1 aliphatic rings. The summed E-state index contributed by atoms with van der Waals surface area (Å²) in [5.41, 5.74) is 8.16. The number of hydrogen-bond donors (Lipinski definition) is 0. The third-order valence-electron chi connectivity index (χ3n) is 5.56. The van der Waals surface area contributed by atoms with E-state index in [4.69, 9.17) is 0 Å². The fraction of sp³-hybridized carbons (Fsp3) is 0.0769. The summed E-state index contributed by atoms with van der Waals surface area (Å²) in [7, 11) is 0. The fourth-order valence-corrected chi connectivity index (χ4v) is 4.24. The zero-order chi connectivity index (χ0) is 17.5. The van der Waals surface area contributed by atoms with Crippen LogP contribution in [0.5, 0.6) is 0 Å². The van der Waals surface area contributed by atoms with Crippen molar-refractivity contribution in [1.82, 2.24) is 0 Å². The minimum atomic E-state index is 0.375. The van der Waals surface area contributed by atoms with E-state index in [1.54, 1.807) is 0 Å². The summed E-state index contributed by atoms with van der Waals surface area (Å²) >= 11 is 0. The second-order valence-electron chi connectivity index (χ2n) is 7.02. The lowest BCUT2D eigenvalue weighted by Gasteiger charge is -2.28. The molecule has 0 heterocycles. The van der Waals surface area contributed by atoms with E-state index in [0.29, 0.717) is 5.92 Å². The van der Waals surface area contributed by atoms with Crippen molar-refractivity contribution in [3.05, 3.63) is 108 Å². The maximum absolute atomic E-state index is 2.39. The zero-order valence-corrected chi connectivity index (χ0v) is 14.8. The molecule has 0 radical (unpaired) electrons. The van der Waals surface area contributed by atoms with Gasteiger partial charge in [-0.2, -0.15) is 0 Å². The second kappa shape index (κ2) is 6.00. The minimum absolute atomic E-state index is 0.375. The first-order valence-corrected chi connectivity index (χ1v) is 9.21. The molecular formula is C26H20. The summed E-state index contributed by atoms with van der Waals surface area (Å²) in [5.74, 6) is 0.375. The number of fused-ring (bicyclic) bond motifs is 4. The number of rotatable bonds is 1. The molecule has 0 aromatic heterocycles. The van der Waals surface area contributed by atoms with Gasteiger partial charge in [0.25, 0.3) is 0 Å². The van der Waals surface area contributed by atoms with Crippen molar-refractivity contribution in [2.24, 2.45) is 0 Å². The molecule has 0 N–H and O–H groups in total. The molecular weight excluding hydrogens is 312 g/mol. The van der Waals surface area contributed by atoms with Gasteiger partial charge in [-0.15, -0.1) is 0 Å². The van der Waals surface area contributed by atoms with E-state index < -0.39 is 0 Å². The first-order chi connectivity index (χ1) is 12.8. The van der Waals surface area contributed by atoms with Crippen LogP contribution < -0.4 is 0 Å². The summed E-state index contributed by atoms with van der Waals surface area (Å²) in [6.45, 7) is 2.33. The molecule has 0 bridgehead atoms. The van der Waals surface area contributed by atoms with Crippen LogP contribution in [-0.4, -0.2) is 0 Å². The van der Waals surface area contributed by atoms with Crippen LogP contribution in [0, 0.1) is 0 Å². The largest absolute Gasteiger partial charge is 0.0619 e. The van der Waals surface area contributed by atoms with Crippen LogP contribution in [0.2, 0.25) is 0 Å². The van der Waals surface area contributed by atoms with Gasteiger partial charge in [0, 0.05) is 5.92 Å². The Labute approximate surface area is 154 Å². The molecule has 0 amide bonds. The number of hydrogen-bond acceptors (Lipinski definition) is 0. The first-order valence-electron chi connectivity index (χ1n) is 9.21. The smallest absolute Gasteiger partial charge is 0.00735 e. The third-order valence-corrected chi connectivity index (χ3v) is 5.56. The Bertz CT molecular complexity index is 1140. The first kappa shape index (κ1) is 15.2. The minimum Gasteiger partial charge on any atom is -0.0619 e. The molecule has 0 saturated heterocycles. The van der Waals surface area contributed by atoms with E-state index in [-0.39, 0.29) is 0 Å².